The van der Waals surface area contributed by atoms with Gasteiger partial charge < -0.3 is 9.84 Å². The first-order valence-electron chi connectivity index (χ1n) is 10.4. The van der Waals surface area contributed by atoms with Crippen LogP contribution in [0.3, 0.4) is 0 Å². The lowest BCUT2D eigenvalue weighted by atomic mass is 9.81. The van der Waals surface area contributed by atoms with Gasteiger partial charge in [-0.1, -0.05) is 24.6 Å². The molecule has 1 fully saturated rings. The number of carbonyl (C=O) groups is 1. The minimum Gasteiger partial charge on any atom is -0.511 e. The van der Waals surface area contributed by atoms with Crippen LogP contribution in [-0.2, 0) is 11.2 Å². The van der Waals surface area contributed by atoms with Crippen LogP contribution >= 0.6 is 11.6 Å². The molecule has 1 heterocycles. The fourth-order valence-corrected chi connectivity index (χ4v) is 4.87. The molecule has 0 unspecified atom stereocenters. The Labute approximate surface area is 180 Å². The second-order valence-corrected chi connectivity index (χ2v) is 8.53. The van der Waals surface area contributed by atoms with Crippen LogP contribution in [0, 0.1) is 11.8 Å². The van der Waals surface area contributed by atoms with Gasteiger partial charge in [0.1, 0.15) is 11.5 Å². The summed E-state index contributed by atoms with van der Waals surface area (Å²) in [4.78, 5) is 17.6. The number of ether oxygens (including phenoxy) is 1. The van der Waals surface area contributed by atoms with Gasteiger partial charge in [0.15, 0.2) is 5.78 Å². The molecule has 152 valence electrons. The topological polar surface area (TPSA) is 59.4 Å². The van der Waals surface area contributed by atoms with Crippen molar-refractivity contribution in [3.63, 3.8) is 0 Å². The second kappa shape index (κ2) is 7.44. The van der Waals surface area contributed by atoms with Crippen LogP contribution in [0.2, 0.25) is 5.02 Å². The molecule has 0 amide bonds. The van der Waals surface area contributed by atoms with E-state index in [9.17, 15) is 9.90 Å². The van der Waals surface area contributed by atoms with E-state index in [1.807, 2.05) is 36.4 Å². The predicted molar refractivity (Wildman–Crippen MR) is 118 cm³/mol. The van der Waals surface area contributed by atoms with Crippen LogP contribution in [0.1, 0.15) is 37.3 Å². The van der Waals surface area contributed by atoms with E-state index in [4.69, 9.17) is 16.3 Å². The van der Waals surface area contributed by atoms with E-state index >= 15 is 0 Å². The molecule has 2 aromatic carbocycles. The summed E-state index contributed by atoms with van der Waals surface area (Å²) in [6.45, 7) is 2.05. The number of hydrogen-bond acceptors (Lipinski definition) is 4. The van der Waals surface area contributed by atoms with Gasteiger partial charge in [-0.15, -0.1) is 0 Å². The summed E-state index contributed by atoms with van der Waals surface area (Å²) in [5, 5.41) is 12.4. The van der Waals surface area contributed by atoms with E-state index < -0.39 is 0 Å². The minimum absolute atomic E-state index is 0.0316. The molecule has 30 heavy (non-hydrogen) atoms. The fourth-order valence-electron chi connectivity index (χ4n) is 4.69. The molecular weight excluding hydrogens is 398 g/mol. The van der Waals surface area contributed by atoms with Gasteiger partial charge in [0.05, 0.1) is 11.1 Å². The molecule has 0 aliphatic heterocycles. The maximum absolute atomic E-state index is 13.0. The maximum atomic E-state index is 13.0. The Hall–Kier alpha value is -2.85. The molecule has 2 atom stereocenters. The lowest BCUT2D eigenvalue weighted by Crippen LogP contribution is -2.21. The number of fused-ring (bicyclic) bond motifs is 3. The molecule has 1 N–H and O–H groups in total. The Balaban J connectivity index is 1.53. The zero-order valence-corrected chi connectivity index (χ0v) is 17.4. The number of benzene rings is 2. The van der Waals surface area contributed by atoms with E-state index in [1.165, 1.54) is 0 Å². The number of aliphatic hydroxyl groups excluding tert-OH is 1. The maximum Gasteiger partial charge on any atom is 0.219 e. The molecule has 4 nitrogen and oxygen atoms in total. The number of hydrogen-bond donors (Lipinski definition) is 1. The largest absolute Gasteiger partial charge is 0.511 e. The number of ketones is 1. The summed E-state index contributed by atoms with van der Waals surface area (Å²) in [5.74, 6) is 1.51. The highest BCUT2D eigenvalue weighted by molar-refractivity contribution is 6.31. The summed E-state index contributed by atoms with van der Waals surface area (Å²) >= 11 is 6.05. The summed E-state index contributed by atoms with van der Waals surface area (Å²) in [6, 6.07) is 14.9. The molecule has 1 saturated carbocycles. The molecule has 0 radical (unpaired) electrons. The summed E-state index contributed by atoms with van der Waals surface area (Å²) in [7, 11) is 0. The van der Waals surface area contributed by atoms with Gasteiger partial charge in [-0.3, -0.25) is 4.79 Å². The quantitative estimate of drug-likeness (QED) is 0.523. The number of aryl methyl sites for hydroxylation is 1. The molecule has 2 aliphatic carbocycles. The monoisotopic (exact) mass is 419 g/mol. The third-order valence-corrected chi connectivity index (χ3v) is 6.51. The number of pyridine rings is 1. The smallest absolute Gasteiger partial charge is 0.219 e. The van der Waals surface area contributed by atoms with E-state index in [0.717, 1.165) is 47.7 Å². The second-order valence-electron chi connectivity index (χ2n) is 8.09. The first-order chi connectivity index (χ1) is 14.5. The van der Waals surface area contributed by atoms with Gasteiger partial charge in [-0.2, -0.15) is 0 Å². The van der Waals surface area contributed by atoms with Gasteiger partial charge >= 0.3 is 0 Å². The SMILES string of the molecule is CCc1ccc(Oc2ccc3cc(Cl)ccc3n2)cc1C1=C(O)[C@@H]2CC[C@@H](C2)C1=O. The molecule has 0 saturated heterocycles. The predicted octanol–water partition coefficient (Wildman–Crippen LogP) is 6.51. The minimum atomic E-state index is 0.0316. The fraction of sp³-hybridized carbons (Fsp3) is 0.280. The average Bonchev–Trinajstić information content (AvgIpc) is 3.20. The average molecular weight is 420 g/mol. The summed E-state index contributed by atoms with van der Waals surface area (Å²) < 4.78 is 6.03. The van der Waals surface area contributed by atoms with Gasteiger partial charge in [0.2, 0.25) is 5.88 Å². The highest BCUT2D eigenvalue weighted by atomic mass is 35.5. The standard InChI is InChI=1S/C25H22ClNO3/c1-2-14-5-8-19(30-22-10-6-15-12-18(26)7-9-21(15)27-22)13-20(14)23-24(28)16-3-4-17(11-16)25(23)29/h5-10,12-13,16-17,28H,2-4,11H2,1H3/t16-,17+/m1/s1. The number of halogens is 1. The van der Waals surface area contributed by atoms with Crippen molar-refractivity contribution in [3.8, 4) is 11.6 Å². The molecule has 3 aromatic rings. The molecule has 5 heteroatoms. The third kappa shape index (κ3) is 3.25. The van der Waals surface area contributed by atoms with E-state index in [1.54, 1.807) is 12.1 Å². The highest BCUT2D eigenvalue weighted by Crippen LogP contribution is 2.46. The van der Waals surface area contributed by atoms with E-state index in [2.05, 4.69) is 11.9 Å². The number of aromatic nitrogens is 1. The normalized spacial score (nSPS) is 20.8. The van der Waals surface area contributed by atoms with E-state index in [-0.39, 0.29) is 23.4 Å². The molecule has 2 aliphatic rings. The summed E-state index contributed by atoms with van der Waals surface area (Å²) in [6.07, 6.45) is 3.29. The van der Waals surface area contributed by atoms with Crippen molar-refractivity contribution >= 4 is 33.9 Å². The zero-order valence-electron chi connectivity index (χ0n) is 16.7. The third-order valence-electron chi connectivity index (χ3n) is 6.27. The van der Waals surface area contributed by atoms with Crippen molar-refractivity contribution in [1.82, 2.24) is 4.98 Å². The van der Waals surface area contributed by atoms with Crippen molar-refractivity contribution in [2.45, 2.75) is 32.6 Å². The molecule has 5 rings (SSSR count). The number of Topliss-reactive ketones (excluding diaryl/α,β-unsaturated/α-hetero) is 1. The Kier molecular flexibility index (Phi) is 4.75. The van der Waals surface area contributed by atoms with Crippen molar-refractivity contribution in [1.29, 1.82) is 0 Å². The Morgan fingerprint density at radius 3 is 2.77 bits per heavy atom. The van der Waals surface area contributed by atoms with Crippen LogP contribution < -0.4 is 4.74 Å². The van der Waals surface area contributed by atoms with Crippen LogP contribution in [0.4, 0.5) is 0 Å². The lowest BCUT2D eigenvalue weighted by molar-refractivity contribution is -0.117. The van der Waals surface area contributed by atoms with Crippen LogP contribution in [0.5, 0.6) is 11.6 Å². The lowest BCUT2D eigenvalue weighted by Gasteiger charge is -2.23. The van der Waals surface area contributed by atoms with Crippen LogP contribution in [0.25, 0.3) is 16.5 Å². The van der Waals surface area contributed by atoms with Gasteiger partial charge in [-0.05, 0) is 73.2 Å². The summed E-state index contributed by atoms with van der Waals surface area (Å²) in [5.41, 5.74) is 3.08. The van der Waals surface area contributed by atoms with Crippen molar-refractivity contribution in [2.24, 2.45) is 11.8 Å². The van der Waals surface area contributed by atoms with E-state index in [0.29, 0.717) is 22.2 Å². The molecule has 0 spiro atoms. The molecular formula is C25H22ClNO3. The highest BCUT2D eigenvalue weighted by Gasteiger charge is 2.41. The first-order valence-corrected chi connectivity index (χ1v) is 10.8. The van der Waals surface area contributed by atoms with Gasteiger partial charge in [0.25, 0.3) is 0 Å². The van der Waals surface area contributed by atoms with Gasteiger partial charge in [-0.25, -0.2) is 4.98 Å². The number of rotatable bonds is 4. The van der Waals surface area contributed by atoms with Crippen molar-refractivity contribution in [2.75, 3.05) is 0 Å². The molecule has 1 aromatic heterocycles. The number of carbonyl (C=O) groups excluding carboxylic acids is 1. The molecule has 2 bridgehead atoms. The number of nitrogens with zero attached hydrogens (tertiary/aromatic N) is 1. The van der Waals surface area contributed by atoms with Crippen molar-refractivity contribution in [3.05, 3.63) is 70.4 Å². The van der Waals surface area contributed by atoms with Gasteiger partial charge in [0, 0.05) is 28.3 Å². The van der Waals surface area contributed by atoms with Crippen molar-refractivity contribution < 1.29 is 14.6 Å². The van der Waals surface area contributed by atoms with Crippen LogP contribution in [0.15, 0.2) is 54.3 Å². The Morgan fingerprint density at radius 2 is 1.93 bits per heavy atom. The van der Waals surface area contributed by atoms with Crippen LogP contribution in [-0.4, -0.2) is 15.9 Å². The Morgan fingerprint density at radius 1 is 1.10 bits per heavy atom. The zero-order chi connectivity index (χ0) is 20.8. The Bertz CT molecular complexity index is 1200. The number of allylic oxidation sites excluding steroid dienone is 2. The number of aliphatic hydroxyl groups is 1. The first kappa shape index (κ1) is 19.1.